The van der Waals surface area contributed by atoms with Gasteiger partial charge in [0.1, 0.15) is 17.7 Å². The molecule has 0 unspecified atom stereocenters. The Morgan fingerprint density at radius 3 is 2.73 bits per heavy atom. The Bertz CT molecular complexity index is 967. The summed E-state index contributed by atoms with van der Waals surface area (Å²) in [7, 11) is 0. The third kappa shape index (κ3) is 1.79. The summed E-state index contributed by atoms with van der Waals surface area (Å²) in [5.74, 6) is 2.21. The van der Waals surface area contributed by atoms with Crippen molar-refractivity contribution in [3.8, 4) is 17.2 Å². The van der Waals surface area contributed by atoms with Gasteiger partial charge in [0, 0.05) is 5.56 Å². The molecule has 0 aliphatic rings. The minimum absolute atomic E-state index is 0.619. The zero-order chi connectivity index (χ0) is 15.1. The summed E-state index contributed by atoms with van der Waals surface area (Å²) in [4.78, 5) is 15.8. The molecule has 0 aliphatic heterocycles. The molecule has 0 atom stereocenters. The fourth-order valence-corrected chi connectivity index (χ4v) is 2.54. The lowest BCUT2D eigenvalue weighted by atomic mass is 10.1. The van der Waals surface area contributed by atoms with Gasteiger partial charge in [-0.3, -0.25) is 4.57 Å². The maximum atomic E-state index is 4.40. The highest BCUT2D eigenvalue weighted by molar-refractivity contribution is 5.79. The Hall–Kier alpha value is -3.09. The van der Waals surface area contributed by atoms with Gasteiger partial charge < -0.3 is 4.98 Å². The molecule has 3 heterocycles. The average Bonchev–Trinajstić information content (AvgIpc) is 3.14. The third-order valence-electron chi connectivity index (χ3n) is 3.63. The van der Waals surface area contributed by atoms with E-state index in [0.717, 1.165) is 28.3 Å². The summed E-state index contributed by atoms with van der Waals surface area (Å²) in [6.07, 6.45) is 3.11. The third-order valence-corrected chi connectivity index (χ3v) is 3.63. The monoisotopic (exact) mass is 291 g/mol. The van der Waals surface area contributed by atoms with Gasteiger partial charge >= 0.3 is 0 Å². The molecule has 7 heteroatoms. The number of aryl methyl sites for hydroxylation is 2. The number of hydrogen-bond acceptors (Lipinski definition) is 5. The lowest BCUT2D eigenvalue weighted by Crippen LogP contribution is -2.04. The first kappa shape index (κ1) is 12.6. The quantitative estimate of drug-likeness (QED) is 0.612. The van der Waals surface area contributed by atoms with Crippen molar-refractivity contribution in [1.29, 1.82) is 0 Å². The summed E-state index contributed by atoms with van der Waals surface area (Å²) in [5.41, 5.74) is 3.54. The van der Waals surface area contributed by atoms with Gasteiger partial charge in [0.05, 0.1) is 6.33 Å². The van der Waals surface area contributed by atoms with Crippen LogP contribution in [-0.2, 0) is 0 Å². The molecule has 0 spiro atoms. The van der Waals surface area contributed by atoms with Crippen molar-refractivity contribution in [1.82, 2.24) is 34.7 Å². The zero-order valence-electron chi connectivity index (χ0n) is 12.1. The average molecular weight is 291 g/mol. The number of imidazole rings is 1. The molecule has 4 rings (SSSR count). The summed E-state index contributed by atoms with van der Waals surface area (Å²) >= 11 is 0. The van der Waals surface area contributed by atoms with Crippen molar-refractivity contribution in [2.75, 3.05) is 0 Å². The molecule has 22 heavy (non-hydrogen) atoms. The normalized spacial score (nSPS) is 11.2. The van der Waals surface area contributed by atoms with Gasteiger partial charge in [-0.2, -0.15) is 0 Å². The van der Waals surface area contributed by atoms with Crippen molar-refractivity contribution >= 4 is 11.2 Å². The van der Waals surface area contributed by atoms with Crippen LogP contribution < -0.4 is 0 Å². The van der Waals surface area contributed by atoms with E-state index in [9.17, 15) is 0 Å². The second kappa shape index (κ2) is 4.73. The first-order chi connectivity index (χ1) is 10.8. The first-order valence-electron chi connectivity index (χ1n) is 6.88. The molecule has 0 saturated heterocycles. The summed E-state index contributed by atoms with van der Waals surface area (Å²) in [5, 5.41) is 8.55. The molecule has 0 radical (unpaired) electrons. The Labute approximate surface area is 126 Å². The second-order valence-corrected chi connectivity index (χ2v) is 5.02. The summed E-state index contributed by atoms with van der Waals surface area (Å²) in [6.45, 7) is 3.95. The van der Waals surface area contributed by atoms with E-state index in [2.05, 4.69) is 43.1 Å². The molecule has 3 aromatic heterocycles. The van der Waals surface area contributed by atoms with Crippen molar-refractivity contribution in [3.63, 3.8) is 0 Å². The van der Waals surface area contributed by atoms with Crippen molar-refractivity contribution < 1.29 is 0 Å². The van der Waals surface area contributed by atoms with Crippen LogP contribution in [0.2, 0.25) is 0 Å². The largest absolute Gasteiger partial charge is 0.340 e. The van der Waals surface area contributed by atoms with Crippen LogP contribution in [0.15, 0.2) is 36.9 Å². The van der Waals surface area contributed by atoms with Gasteiger partial charge in [-0.15, -0.1) is 10.2 Å². The van der Waals surface area contributed by atoms with E-state index in [4.69, 9.17) is 0 Å². The number of H-pyrrole nitrogens is 1. The standard InChI is InChI=1S/C15H13N7/c1-9-5-3-4-6-11(9)14-21-20-10(2)22(14)15-12-13(17-7-16-12)18-8-19-15/h3-8H,1-2H3,(H,16,17,18,19). The second-order valence-electron chi connectivity index (χ2n) is 5.02. The zero-order valence-corrected chi connectivity index (χ0v) is 12.1. The molecule has 1 aromatic carbocycles. The molecular formula is C15H13N7. The predicted octanol–water partition coefficient (Wildman–Crippen LogP) is 2.22. The van der Waals surface area contributed by atoms with Crippen molar-refractivity contribution in [3.05, 3.63) is 48.3 Å². The van der Waals surface area contributed by atoms with E-state index in [-0.39, 0.29) is 0 Å². The van der Waals surface area contributed by atoms with Gasteiger partial charge in [-0.25, -0.2) is 15.0 Å². The number of nitrogens with zero attached hydrogens (tertiary/aromatic N) is 6. The minimum atomic E-state index is 0.619. The predicted molar refractivity (Wildman–Crippen MR) is 81.5 cm³/mol. The Morgan fingerprint density at radius 2 is 1.86 bits per heavy atom. The van der Waals surface area contributed by atoms with Crippen LogP contribution in [0, 0.1) is 13.8 Å². The van der Waals surface area contributed by atoms with E-state index in [0.29, 0.717) is 11.5 Å². The van der Waals surface area contributed by atoms with Crippen LogP contribution in [0.1, 0.15) is 11.4 Å². The van der Waals surface area contributed by atoms with Gasteiger partial charge in [0.15, 0.2) is 17.3 Å². The molecule has 7 nitrogen and oxygen atoms in total. The van der Waals surface area contributed by atoms with Gasteiger partial charge in [-0.1, -0.05) is 24.3 Å². The number of hydrogen-bond donors (Lipinski definition) is 1. The van der Waals surface area contributed by atoms with Crippen molar-refractivity contribution in [2.24, 2.45) is 0 Å². The van der Waals surface area contributed by atoms with E-state index in [1.165, 1.54) is 6.33 Å². The number of benzene rings is 1. The highest BCUT2D eigenvalue weighted by Gasteiger charge is 2.18. The van der Waals surface area contributed by atoms with Crippen molar-refractivity contribution in [2.45, 2.75) is 13.8 Å². The van der Waals surface area contributed by atoms with Crippen LogP contribution in [-0.4, -0.2) is 34.7 Å². The maximum Gasteiger partial charge on any atom is 0.182 e. The minimum Gasteiger partial charge on any atom is -0.340 e. The lowest BCUT2D eigenvalue weighted by Gasteiger charge is -2.09. The van der Waals surface area contributed by atoms with E-state index >= 15 is 0 Å². The Balaban J connectivity index is 2.03. The molecule has 0 bridgehead atoms. The van der Waals surface area contributed by atoms with E-state index < -0.39 is 0 Å². The van der Waals surface area contributed by atoms with E-state index in [1.807, 2.05) is 29.7 Å². The summed E-state index contributed by atoms with van der Waals surface area (Å²) < 4.78 is 1.92. The molecule has 1 N–H and O–H groups in total. The number of aromatic nitrogens is 7. The molecule has 0 saturated carbocycles. The van der Waals surface area contributed by atoms with E-state index in [1.54, 1.807) is 6.33 Å². The lowest BCUT2D eigenvalue weighted by molar-refractivity contribution is 0.934. The number of nitrogens with one attached hydrogen (secondary N) is 1. The van der Waals surface area contributed by atoms with Crippen LogP contribution in [0.5, 0.6) is 0 Å². The van der Waals surface area contributed by atoms with Gasteiger partial charge in [-0.05, 0) is 19.4 Å². The molecule has 0 fully saturated rings. The topological polar surface area (TPSA) is 85.2 Å². The molecule has 4 aromatic rings. The van der Waals surface area contributed by atoms with Crippen LogP contribution in [0.4, 0.5) is 0 Å². The first-order valence-corrected chi connectivity index (χ1v) is 6.88. The fraction of sp³-hybridized carbons (Fsp3) is 0.133. The molecule has 0 aliphatic carbocycles. The highest BCUT2D eigenvalue weighted by Crippen LogP contribution is 2.26. The smallest absolute Gasteiger partial charge is 0.182 e. The van der Waals surface area contributed by atoms with Crippen LogP contribution in [0.3, 0.4) is 0 Å². The van der Waals surface area contributed by atoms with Crippen LogP contribution in [0.25, 0.3) is 28.4 Å². The molecular weight excluding hydrogens is 278 g/mol. The highest BCUT2D eigenvalue weighted by atomic mass is 15.3. The molecule has 0 amide bonds. The summed E-state index contributed by atoms with van der Waals surface area (Å²) in [6, 6.07) is 8.07. The number of aromatic amines is 1. The maximum absolute atomic E-state index is 4.40. The number of rotatable bonds is 2. The van der Waals surface area contributed by atoms with Gasteiger partial charge in [0.25, 0.3) is 0 Å². The van der Waals surface area contributed by atoms with Gasteiger partial charge in [0.2, 0.25) is 0 Å². The van der Waals surface area contributed by atoms with Crippen LogP contribution >= 0.6 is 0 Å². The fourth-order valence-electron chi connectivity index (χ4n) is 2.54. The molecule has 108 valence electrons. The Morgan fingerprint density at radius 1 is 1.00 bits per heavy atom. The Kier molecular flexibility index (Phi) is 2.72. The SMILES string of the molecule is Cc1ccccc1-c1nnc(C)n1-c1ncnc2nc[nH]c12. The number of fused-ring (bicyclic) bond motifs is 1.